The molecule has 4 aliphatic rings. The molecular formula is C13H15BN3O. The molecule has 4 heterocycles. The van der Waals surface area contributed by atoms with Crippen LogP contribution in [0.2, 0.25) is 0 Å². The smallest absolute Gasteiger partial charge is 0.156 e. The molecule has 2 fully saturated rings. The zero-order chi connectivity index (χ0) is 11.2. The Bertz CT molecular complexity index is 465. The summed E-state index contributed by atoms with van der Waals surface area (Å²) in [5.41, 5.74) is 1.47. The number of nitrogens with zero attached hydrogens (tertiary/aromatic N) is 3. The molecule has 5 heteroatoms. The van der Waals surface area contributed by atoms with Crippen LogP contribution in [0.15, 0.2) is 30.5 Å². The molecule has 1 saturated carbocycles. The number of aromatic nitrogens is 2. The topological polar surface area (TPSA) is 38.2 Å². The summed E-state index contributed by atoms with van der Waals surface area (Å²) in [4.78, 5) is 10.5. The fourth-order valence-electron chi connectivity index (χ4n) is 3.53. The SMILES string of the molecule is C1=C2CC3CC(CN1C3)[C@@H]2Oc1cncnc1.[B]. The van der Waals surface area contributed by atoms with Crippen molar-refractivity contribution < 1.29 is 4.74 Å². The van der Waals surface area contributed by atoms with Gasteiger partial charge in [0.2, 0.25) is 0 Å². The minimum absolute atomic E-state index is 0. The number of piperidine rings is 1. The average Bonchev–Trinajstić information content (AvgIpc) is 2.34. The number of hydrogen-bond donors (Lipinski definition) is 0. The predicted molar refractivity (Wildman–Crippen MR) is 68.1 cm³/mol. The van der Waals surface area contributed by atoms with Gasteiger partial charge in [-0.15, -0.1) is 0 Å². The number of hydrogen-bond acceptors (Lipinski definition) is 4. The van der Waals surface area contributed by atoms with Crippen LogP contribution in [0, 0.1) is 11.8 Å². The van der Waals surface area contributed by atoms with Gasteiger partial charge in [-0.1, -0.05) is 0 Å². The second kappa shape index (κ2) is 4.30. The van der Waals surface area contributed by atoms with Gasteiger partial charge in [0.15, 0.2) is 5.75 Å². The van der Waals surface area contributed by atoms with Gasteiger partial charge in [-0.2, -0.15) is 0 Å². The molecule has 5 rings (SSSR count). The zero-order valence-corrected chi connectivity index (χ0v) is 10.2. The quantitative estimate of drug-likeness (QED) is 0.725. The molecule has 18 heavy (non-hydrogen) atoms. The summed E-state index contributed by atoms with van der Waals surface area (Å²) in [5.74, 6) is 2.31. The first-order valence-corrected chi connectivity index (χ1v) is 6.25. The molecule has 3 radical (unpaired) electrons. The van der Waals surface area contributed by atoms with E-state index in [1.165, 1.54) is 31.3 Å². The molecule has 4 bridgehead atoms. The molecule has 0 amide bonds. The van der Waals surface area contributed by atoms with E-state index in [4.69, 9.17) is 4.74 Å². The Morgan fingerprint density at radius 2 is 2.06 bits per heavy atom. The monoisotopic (exact) mass is 240 g/mol. The first-order chi connectivity index (χ1) is 8.38. The lowest BCUT2D eigenvalue weighted by Gasteiger charge is -2.50. The van der Waals surface area contributed by atoms with Gasteiger partial charge in [0.25, 0.3) is 0 Å². The van der Waals surface area contributed by atoms with E-state index >= 15 is 0 Å². The highest BCUT2D eigenvalue weighted by Crippen LogP contribution is 2.43. The van der Waals surface area contributed by atoms with Crippen LogP contribution in [0.4, 0.5) is 0 Å². The van der Waals surface area contributed by atoms with Crippen molar-refractivity contribution in [1.29, 1.82) is 0 Å². The molecule has 1 saturated heterocycles. The summed E-state index contributed by atoms with van der Waals surface area (Å²) in [6.07, 6.45) is 10.1. The molecular weight excluding hydrogens is 225 g/mol. The highest BCUT2D eigenvalue weighted by molar-refractivity contribution is 5.75. The number of rotatable bonds is 2. The average molecular weight is 240 g/mol. The van der Waals surface area contributed by atoms with Crippen molar-refractivity contribution in [1.82, 2.24) is 14.9 Å². The van der Waals surface area contributed by atoms with Gasteiger partial charge in [-0.05, 0) is 24.3 Å². The van der Waals surface area contributed by atoms with Crippen LogP contribution in [0.3, 0.4) is 0 Å². The Morgan fingerprint density at radius 1 is 1.22 bits per heavy atom. The fraction of sp³-hybridized carbons (Fsp3) is 0.538. The molecule has 0 aromatic carbocycles. The molecule has 0 spiro atoms. The minimum atomic E-state index is 0. The Morgan fingerprint density at radius 3 is 2.78 bits per heavy atom. The van der Waals surface area contributed by atoms with Gasteiger partial charge in [-0.3, -0.25) is 0 Å². The third kappa shape index (κ3) is 1.78. The van der Waals surface area contributed by atoms with Crippen LogP contribution < -0.4 is 4.74 Å². The first kappa shape index (κ1) is 11.6. The van der Waals surface area contributed by atoms with Crippen molar-refractivity contribution in [2.75, 3.05) is 13.1 Å². The van der Waals surface area contributed by atoms with Crippen LogP contribution in [-0.2, 0) is 0 Å². The van der Waals surface area contributed by atoms with Gasteiger partial charge in [0.1, 0.15) is 12.4 Å². The van der Waals surface area contributed by atoms with E-state index < -0.39 is 0 Å². The highest BCUT2D eigenvalue weighted by atomic mass is 16.5. The summed E-state index contributed by atoms with van der Waals surface area (Å²) >= 11 is 0. The fourth-order valence-corrected chi connectivity index (χ4v) is 3.53. The zero-order valence-electron chi connectivity index (χ0n) is 10.2. The van der Waals surface area contributed by atoms with Gasteiger partial charge in [-0.25, -0.2) is 9.97 Å². The third-order valence-corrected chi connectivity index (χ3v) is 4.06. The lowest BCUT2D eigenvalue weighted by atomic mass is 9.71. The van der Waals surface area contributed by atoms with Gasteiger partial charge in [0, 0.05) is 33.6 Å². The summed E-state index contributed by atoms with van der Waals surface area (Å²) in [5, 5.41) is 0. The first-order valence-electron chi connectivity index (χ1n) is 6.25. The van der Waals surface area contributed by atoms with Crippen molar-refractivity contribution in [2.24, 2.45) is 11.8 Å². The van der Waals surface area contributed by atoms with E-state index in [-0.39, 0.29) is 14.5 Å². The van der Waals surface area contributed by atoms with Crippen LogP contribution >= 0.6 is 0 Å². The van der Waals surface area contributed by atoms with Gasteiger partial charge < -0.3 is 9.64 Å². The molecule has 91 valence electrons. The van der Waals surface area contributed by atoms with E-state index in [0.29, 0.717) is 5.92 Å². The van der Waals surface area contributed by atoms with Crippen molar-refractivity contribution >= 4 is 8.41 Å². The molecule has 1 aromatic heterocycles. The van der Waals surface area contributed by atoms with E-state index in [1.807, 2.05) is 0 Å². The van der Waals surface area contributed by atoms with Gasteiger partial charge >= 0.3 is 0 Å². The number of ether oxygens (including phenoxy) is 1. The van der Waals surface area contributed by atoms with Crippen LogP contribution in [-0.4, -0.2) is 42.5 Å². The normalized spacial score (nSPS) is 31.9. The molecule has 2 unspecified atom stereocenters. The lowest BCUT2D eigenvalue weighted by molar-refractivity contribution is 0.0273. The second-order valence-corrected chi connectivity index (χ2v) is 5.34. The van der Waals surface area contributed by atoms with E-state index in [9.17, 15) is 0 Å². The molecule has 1 aromatic rings. The van der Waals surface area contributed by atoms with Crippen LogP contribution in [0.5, 0.6) is 5.75 Å². The summed E-state index contributed by atoms with van der Waals surface area (Å²) in [6, 6.07) is 0. The van der Waals surface area contributed by atoms with Crippen LogP contribution in [0.1, 0.15) is 12.8 Å². The Hall–Kier alpha value is -1.52. The highest BCUT2D eigenvalue weighted by Gasteiger charge is 2.43. The Balaban J connectivity index is 0.000001000. The summed E-state index contributed by atoms with van der Waals surface area (Å²) in [6.45, 7) is 2.40. The molecule has 3 atom stereocenters. The largest absolute Gasteiger partial charge is 0.482 e. The van der Waals surface area contributed by atoms with Crippen molar-refractivity contribution in [3.05, 3.63) is 30.5 Å². The lowest BCUT2D eigenvalue weighted by Crippen LogP contribution is -2.53. The standard InChI is InChI=1S/C13H15N3O.B/c1-9-2-11-7-16(5-9)6-10(1)13(11)17-12-3-14-8-15-4-12;/h3-4,6,8-9,11,13H,1-2,5,7H2;/t9?,11?,13-;/m1./s1. The molecule has 4 nitrogen and oxygen atoms in total. The molecule has 3 aliphatic heterocycles. The van der Waals surface area contributed by atoms with E-state index in [1.54, 1.807) is 12.4 Å². The molecule has 0 N–H and O–H groups in total. The summed E-state index contributed by atoms with van der Waals surface area (Å²) < 4.78 is 6.07. The van der Waals surface area contributed by atoms with Crippen molar-refractivity contribution in [2.45, 2.75) is 18.9 Å². The maximum atomic E-state index is 6.07. The van der Waals surface area contributed by atoms with E-state index in [2.05, 4.69) is 21.1 Å². The maximum Gasteiger partial charge on any atom is 0.156 e. The Labute approximate surface area is 109 Å². The van der Waals surface area contributed by atoms with Crippen LogP contribution in [0.25, 0.3) is 0 Å². The maximum absolute atomic E-state index is 6.07. The van der Waals surface area contributed by atoms with Crippen molar-refractivity contribution in [3.63, 3.8) is 0 Å². The third-order valence-electron chi connectivity index (χ3n) is 4.06. The Kier molecular flexibility index (Phi) is 2.76. The van der Waals surface area contributed by atoms with Crippen molar-refractivity contribution in [3.8, 4) is 5.75 Å². The molecule has 1 aliphatic carbocycles. The minimum Gasteiger partial charge on any atom is -0.482 e. The van der Waals surface area contributed by atoms with E-state index in [0.717, 1.165) is 18.2 Å². The predicted octanol–water partition coefficient (Wildman–Crippen LogP) is 1.08. The summed E-state index contributed by atoms with van der Waals surface area (Å²) in [7, 11) is 0. The van der Waals surface area contributed by atoms with Gasteiger partial charge in [0.05, 0.1) is 12.4 Å². The second-order valence-electron chi connectivity index (χ2n) is 5.34.